The molecule has 2 aliphatic carbocycles. The minimum atomic E-state index is 0.215. The third kappa shape index (κ3) is 1.07. The highest BCUT2D eigenvalue weighted by molar-refractivity contribution is 5.93. The lowest BCUT2D eigenvalue weighted by Gasteiger charge is -1.92. The summed E-state index contributed by atoms with van der Waals surface area (Å²) in [5.74, 6) is 0.891. The molecule has 2 rings (SSSR count). The lowest BCUT2D eigenvalue weighted by Crippen LogP contribution is -1.82. The van der Waals surface area contributed by atoms with Crippen LogP contribution in [-0.2, 0) is 4.79 Å². The van der Waals surface area contributed by atoms with E-state index in [2.05, 4.69) is 6.07 Å². The average molecular weight is 147 g/mol. The van der Waals surface area contributed by atoms with Crippen LogP contribution in [-0.4, -0.2) is 5.78 Å². The molecule has 0 radical (unpaired) electrons. The van der Waals surface area contributed by atoms with E-state index in [0.717, 1.165) is 12.8 Å². The molecule has 2 aliphatic rings. The van der Waals surface area contributed by atoms with Crippen molar-refractivity contribution in [3.8, 4) is 6.07 Å². The standard InChI is InChI=1S/C9H9NO/c10-5-7-4-9(7)6-1-2-8(11)3-6/h3,7,9H,1-2,4H2. The second kappa shape index (κ2) is 2.20. The molecular formula is C9H9NO. The van der Waals surface area contributed by atoms with Gasteiger partial charge in [-0.15, -0.1) is 0 Å². The summed E-state index contributed by atoms with van der Waals surface area (Å²) < 4.78 is 0. The number of rotatable bonds is 1. The maximum atomic E-state index is 10.8. The van der Waals surface area contributed by atoms with Gasteiger partial charge in [0.05, 0.1) is 12.0 Å². The second-order valence-electron chi connectivity index (χ2n) is 3.26. The molecule has 1 fully saturated rings. The fourth-order valence-corrected chi connectivity index (χ4v) is 1.66. The first-order valence-corrected chi connectivity index (χ1v) is 3.94. The minimum absolute atomic E-state index is 0.215. The summed E-state index contributed by atoms with van der Waals surface area (Å²) in [4.78, 5) is 10.8. The molecule has 0 saturated heterocycles. The fourth-order valence-electron chi connectivity index (χ4n) is 1.66. The van der Waals surface area contributed by atoms with E-state index >= 15 is 0 Å². The van der Waals surface area contributed by atoms with Crippen molar-refractivity contribution in [1.29, 1.82) is 5.26 Å². The van der Waals surface area contributed by atoms with Gasteiger partial charge in [0, 0.05) is 6.42 Å². The van der Waals surface area contributed by atoms with Crippen LogP contribution in [0.15, 0.2) is 11.6 Å². The molecule has 56 valence electrons. The third-order valence-electron chi connectivity index (χ3n) is 2.44. The van der Waals surface area contributed by atoms with Crippen LogP contribution >= 0.6 is 0 Å². The van der Waals surface area contributed by atoms with Crippen molar-refractivity contribution < 1.29 is 4.79 Å². The number of nitrogens with zero attached hydrogens (tertiary/aromatic N) is 1. The molecule has 0 amide bonds. The number of carbonyl (C=O) groups excluding carboxylic acids is 1. The van der Waals surface area contributed by atoms with Crippen LogP contribution in [0.25, 0.3) is 0 Å². The monoisotopic (exact) mass is 147 g/mol. The normalized spacial score (nSPS) is 34.8. The molecule has 2 unspecified atom stereocenters. The third-order valence-corrected chi connectivity index (χ3v) is 2.44. The Balaban J connectivity index is 2.05. The first-order valence-electron chi connectivity index (χ1n) is 3.94. The van der Waals surface area contributed by atoms with Crippen molar-refractivity contribution in [2.24, 2.45) is 11.8 Å². The van der Waals surface area contributed by atoms with Gasteiger partial charge in [-0.05, 0) is 24.8 Å². The Kier molecular flexibility index (Phi) is 1.32. The van der Waals surface area contributed by atoms with Crippen LogP contribution < -0.4 is 0 Å². The predicted octanol–water partition coefficient (Wildman–Crippen LogP) is 1.44. The zero-order chi connectivity index (χ0) is 7.84. The van der Waals surface area contributed by atoms with Crippen LogP contribution in [0.1, 0.15) is 19.3 Å². The highest BCUT2D eigenvalue weighted by Crippen LogP contribution is 2.46. The number of nitriles is 1. The molecule has 0 aromatic rings. The van der Waals surface area contributed by atoms with Crippen molar-refractivity contribution in [2.45, 2.75) is 19.3 Å². The molecule has 0 spiro atoms. The van der Waals surface area contributed by atoms with Crippen LogP contribution in [0.2, 0.25) is 0 Å². The molecule has 0 N–H and O–H groups in total. The molecule has 1 saturated carbocycles. The van der Waals surface area contributed by atoms with E-state index in [1.165, 1.54) is 5.57 Å². The van der Waals surface area contributed by atoms with Gasteiger partial charge < -0.3 is 0 Å². The molecule has 2 heteroatoms. The number of ketones is 1. The summed E-state index contributed by atoms with van der Waals surface area (Å²) in [5.41, 5.74) is 1.22. The van der Waals surface area contributed by atoms with Crippen molar-refractivity contribution in [2.75, 3.05) is 0 Å². The van der Waals surface area contributed by atoms with Gasteiger partial charge in [-0.2, -0.15) is 5.26 Å². The first kappa shape index (κ1) is 6.60. The Morgan fingerprint density at radius 1 is 1.55 bits per heavy atom. The highest BCUT2D eigenvalue weighted by Gasteiger charge is 2.41. The quantitative estimate of drug-likeness (QED) is 0.563. The van der Waals surface area contributed by atoms with Crippen LogP contribution in [0, 0.1) is 23.2 Å². The van der Waals surface area contributed by atoms with E-state index in [1.807, 2.05) is 0 Å². The zero-order valence-corrected chi connectivity index (χ0v) is 6.21. The summed E-state index contributed by atoms with van der Waals surface area (Å²) in [5, 5.41) is 8.54. The lowest BCUT2D eigenvalue weighted by atomic mass is 10.1. The predicted molar refractivity (Wildman–Crippen MR) is 39.5 cm³/mol. The number of carbonyl (C=O) groups is 1. The maximum Gasteiger partial charge on any atom is 0.155 e. The molecule has 0 aromatic heterocycles. The van der Waals surface area contributed by atoms with Gasteiger partial charge in [0.1, 0.15) is 0 Å². The van der Waals surface area contributed by atoms with Crippen LogP contribution in [0.4, 0.5) is 0 Å². The Hall–Kier alpha value is -1.10. The van der Waals surface area contributed by atoms with Crippen LogP contribution in [0.3, 0.4) is 0 Å². The molecule has 0 aromatic carbocycles. The van der Waals surface area contributed by atoms with Crippen molar-refractivity contribution in [3.63, 3.8) is 0 Å². The Bertz CT molecular complexity index is 272. The molecule has 0 bridgehead atoms. The minimum Gasteiger partial charge on any atom is -0.295 e. The summed E-state index contributed by atoms with van der Waals surface area (Å²) in [6.45, 7) is 0. The number of allylic oxidation sites excluding steroid dienone is 2. The Labute approximate surface area is 65.5 Å². The van der Waals surface area contributed by atoms with Gasteiger partial charge >= 0.3 is 0 Å². The van der Waals surface area contributed by atoms with Crippen molar-refractivity contribution >= 4 is 5.78 Å². The summed E-state index contributed by atoms with van der Waals surface area (Å²) in [6.07, 6.45) is 4.29. The summed E-state index contributed by atoms with van der Waals surface area (Å²) in [6, 6.07) is 2.23. The van der Waals surface area contributed by atoms with E-state index in [-0.39, 0.29) is 11.7 Å². The fraction of sp³-hybridized carbons (Fsp3) is 0.556. The molecule has 0 aliphatic heterocycles. The molecule has 2 nitrogen and oxygen atoms in total. The van der Waals surface area contributed by atoms with Gasteiger partial charge in [-0.25, -0.2) is 0 Å². The Morgan fingerprint density at radius 3 is 2.82 bits per heavy atom. The van der Waals surface area contributed by atoms with Crippen LogP contribution in [0.5, 0.6) is 0 Å². The van der Waals surface area contributed by atoms with E-state index in [9.17, 15) is 4.79 Å². The van der Waals surface area contributed by atoms with E-state index in [1.54, 1.807) is 6.08 Å². The highest BCUT2D eigenvalue weighted by atomic mass is 16.1. The van der Waals surface area contributed by atoms with Gasteiger partial charge in [-0.1, -0.05) is 5.57 Å². The summed E-state index contributed by atoms with van der Waals surface area (Å²) in [7, 11) is 0. The van der Waals surface area contributed by atoms with E-state index in [4.69, 9.17) is 5.26 Å². The molecular weight excluding hydrogens is 138 g/mol. The van der Waals surface area contributed by atoms with Gasteiger partial charge in [0.15, 0.2) is 5.78 Å². The van der Waals surface area contributed by atoms with Gasteiger partial charge in [0.25, 0.3) is 0 Å². The van der Waals surface area contributed by atoms with Gasteiger partial charge in [0.2, 0.25) is 0 Å². The van der Waals surface area contributed by atoms with E-state index in [0.29, 0.717) is 12.3 Å². The van der Waals surface area contributed by atoms with Crippen molar-refractivity contribution in [1.82, 2.24) is 0 Å². The van der Waals surface area contributed by atoms with E-state index < -0.39 is 0 Å². The number of hydrogen-bond donors (Lipinski definition) is 0. The second-order valence-corrected chi connectivity index (χ2v) is 3.26. The number of hydrogen-bond acceptors (Lipinski definition) is 2. The molecule has 11 heavy (non-hydrogen) atoms. The maximum absolute atomic E-state index is 10.8. The smallest absolute Gasteiger partial charge is 0.155 e. The largest absolute Gasteiger partial charge is 0.295 e. The first-order chi connectivity index (χ1) is 5.31. The van der Waals surface area contributed by atoms with Crippen molar-refractivity contribution in [3.05, 3.63) is 11.6 Å². The topological polar surface area (TPSA) is 40.9 Å². The molecule has 0 heterocycles. The lowest BCUT2D eigenvalue weighted by molar-refractivity contribution is -0.114. The zero-order valence-electron chi connectivity index (χ0n) is 6.21. The summed E-state index contributed by atoms with van der Waals surface area (Å²) >= 11 is 0. The average Bonchev–Trinajstić information content (AvgIpc) is 2.68. The molecule has 2 atom stereocenters. The SMILES string of the molecule is N#CC1CC1C1=CC(=O)CC1. The Morgan fingerprint density at radius 2 is 2.36 bits per heavy atom. The van der Waals surface area contributed by atoms with Gasteiger partial charge in [-0.3, -0.25) is 4.79 Å².